The molecule has 2 heterocycles. The summed E-state index contributed by atoms with van der Waals surface area (Å²) in [4.78, 5) is 39.4. The summed E-state index contributed by atoms with van der Waals surface area (Å²) in [6.07, 6.45) is 1.15. The molecule has 0 aliphatic carbocycles. The van der Waals surface area contributed by atoms with Gasteiger partial charge in [0.2, 0.25) is 5.78 Å². The predicted octanol–water partition coefficient (Wildman–Crippen LogP) is 3.76. The van der Waals surface area contributed by atoms with Crippen LogP contribution in [-0.2, 0) is 20.9 Å². The molecule has 0 spiro atoms. The second-order valence-electron chi connectivity index (χ2n) is 7.07. The molecule has 3 aromatic rings. The number of furan rings is 1. The number of carbonyl (C=O) groups is 3. The Bertz CT molecular complexity index is 1090. The Morgan fingerprint density at radius 1 is 1.06 bits per heavy atom. The van der Waals surface area contributed by atoms with Crippen molar-refractivity contribution in [2.75, 3.05) is 11.4 Å². The SMILES string of the molecule is CC[C@H]1Oc2ccc(C(=O)c3ccco3)cc2N(CC(=O)OCc2ccccc2)C1=O. The van der Waals surface area contributed by atoms with Gasteiger partial charge < -0.3 is 13.9 Å². The number of esters is 1. The van der Waals surface area contributed by atoms with Crippen molar-refractivity contribution >= 4 is 23.3 Å². The Labute approximate surface area is 179 Å². The number of hydrogen-bond acceptors (Lipinski definition) is 6. The average Bonchev–Trinajstić information content (AvgIpc) is 3.34. The van der Waals surface area contributed by atoms with Crippen LogP contribution in [0.25, 0.3) is 0 Å². The quantitative estimate of drug-likeness (QED) is 0.428. The molecular formula is C24H21NO6. The van der Waals surface area contributed by atoms with Crippen LogP contribution in [0.15, 0.2) is 71.3 Å². The average molecular weight is 419 g/mol. The van der Waals surface area contributed by atoms with Crippen molar-refractivity contribution < 1.29 is 28.3 Å². The number of nitrogens with zero attached hydrogens (tertiary/aromatic N) is 1. The van der Waals surface area contributed by atoms with Crippen LogP contribution >= 0.6 is 0 Å². The minimum atomic E-state index is -0.707. The van der Waals surface area contributed by atoms with Gasteiger partial charge in [0.05, 0.1) is 12.0 Å². The van der Waals surface area contributed by atoms with E-state index in [9.17, 15) is 14.4 Å². The Hall–Kier alpha value is -3.87. The summed E-state index contributed by atoms with van der Waals surface area (Å²) in [5.74, 6) is -0.622. The summed E-state index contributed by atoms with van der Waals surface area (Å²) < 4.78 is 16.3. The van der Waals surface area contributed by atoms with Crippen molar-refractivity contribution in [3.63, 3.8) is 0 Å². The van der Waals surface area contributed by atoms with Gasteiger partial charge in [-0.05, 0) is 42.3 Å². The van der Waals surface area contributed by atoms with E-state index in [-0.39, 0.29) is 30.6 Å². The van der Waals surface area contributed by atoms with Gasteiger partial charge in [-0.25, -0.2) is 0 Å². The van der Waals surface area contributed by atoms with E-state index in [2.05, 4.69) is 0 Å². The van der Waals surface area contributed by atoms with Gasteiger partial charge >= 0.3 is 5.97 Å². The molecular weight excluding hydrogens is 398 g/mol. The molecule has 7 heteroatoms. The molecule has 0 bridgehead atoms. The van der Waals surface area contributed by atoms with Crippen molar-refractivity contribution in [2.45, 2.75) is 26.1 Å². The molecule has 1 aliphatic heterocycles. The predicted molar refractivity (Wildman–Crippen MR) is 112 cm³/mol. The molecule has 1 aliphatic rings. The highest BCUT2D eigenvalue weighted by Crippen LogP contribution is 2.36. The molecule has 1 amide bonds. The van der Waals surface area contributed by atoms with Crippen LogP contribution in [-0.4, -0.2) is 30.3 Å². The largest absolute Gasteiger partial charge is 0.478 e. The number of amides is 1. The summed E-state index contributed by atoms with van der Waals surface area (Å²) in [6.45, 7) is 1.66. The Morgan fingerprint density at radius 3 is 2.58 bits per heavy atom. The van der Waals surface area contributed by atoms with Gasteiger partial charge in [0.25, 0.3) is 5.91 Å². The zero-order valence-electron chi connectivity index (χ0n) is 16.9. The third-order valence-corrected chi connectivity index (χ3v) is 4.97. The monoisotopic (exact) mass is 419 g/mol. The van der Waals surface area contributed by atoms with E-state index < -0.39 is 12.1 Å². The van der Waals surface area contributed by atoms with E-state index in [1.165, 1.54) is 17.2 Å². The van der Waals surface area contributed by atoms with Gasteiger partial charge in [-0.2, -0.15) is 0 Å². The fraction of sp³-hybridized carbons (Fsp3) is 0.208. The molecule has 0 unspecified atom stereocenters. The zero-order valence-corrected chi connectivity index (χ0v) is 16.9. The number of anilines is 1. The van der Waals surface area contributed by atoms with E-state index in [0.29, 0.717) is 23.4 Å². The number of ketones is 1. The Balaban J connectivity index is 1.57. The van der Waals surface area contributed by atoms with Crippen LogP contribution in [0.1, 0.15) is 35.0 Å². The Kier molecular flexibility index (Phi) is 5.84. The van der Waals surface area contributed by atoms with Gasteiger partial charge in [0.15, 0.2) is 11.9 Å². The van der Waals surface area contributed by atoms with Crippen LogP contribution in [0.5, 0.6) is 5.75 Å². The zero-order chi connectivity index (χ0) is 21.8. The van der Waals surface area contributed by atoms with E-state index in [1.807, 2.05) is 37.3 Å². The van der Waals surface area contributed by atoms with Crippen LogP contribution in [0.3, 0.4) is 0 Å². The van der Waals surface area contributed by atoms with Crippen LogP contribution < -0.4 is 9.64 Å². The third kappa shape index (κ3) is 4.35. The fourth-order valence-electron chi connectivity index (χ4n) is 3.35. The number of fused-ring (bicyclic) bond motifs is 1. The molecule has 4 rings (SSSR count). The first-order valence-corrected chi connectivity index (χ1v) is 9.96. The fourth-order valence-corrected chi connectivity index (χ4v) is 3.35. The molecule has 2 aromatic carbocycles. The van der Waals surface area contributed by atoms with Crippen molar-refractivity contribution in [3.05, 3.63) is 83.8 Å². The maximum absolute atomic E-state index is 12.9. The lowest BCUT2D eigenvalue weighted by Crippen LogP contribution is -2.48. The molecule has 0 N–H and O–H groups in total. The summed E-state index contributed by atoms with van der Waals surface area (Å²) in [7, 11) is 0. The number of rotatable bonds is 7. The molecule has 158 valence electrons. The summed E-state index contributed by atoms with van der Waals surface area (Å²) in [6, 6.07) is 17.2. The lowest BCUT2D eigenvalue weighted by molar-refractivity contribution is -0.144. The number of carbonyl (C=O) groups excluding carboxylic acids is 3. The molecule has 0 fully saturated rings. The van der Waals surface area contributed by atoms with E-state index in [4.69, 9.17) is 13.9 Å². The third-order valence-electron chi connectivity index (χ3n) is 4.97. The highest BCUT2D eigenvalue weighted by atomic mass is 16.5. The van der Waals surface area contributed by atoms with Crippen molar-refractivity contribution in [2.24, 2.45) is 0 Å². The van der Waals surface area contributed by atoms with Gasteiger partial charge in [-0.3, -0.25) is 19.3 Å². The van der Waals surface area contributed by atoms with Crippen molar-refractivity contribution in [1.82, 2.24) is 0 Å². The molecule has 1 atom stereocenters. The second-order valence-corrected chi connectivity index (χ2v) is 7.07. The smallest absolute Gasteiger partial charge is 0.326 e. The first-order chi connectivity index (χ1) is 15.1. The molecule has 1 aromatic heterocycles. The van der Waals surface area contributed by atoms with Crippen LogP contribution in [0, 0.1) is 0 Å². The molecule has 7 nitrogen and oxygen atoms in total. The van der Waals surface area contributed by atoms with E-state index >= 15 is 0 Å². The van der Waals surface area contributed by atoms with Gasteiger partial charge in [0.1, 0.15) is 18.9 Å². The number of benzene rings is 2. The summed E-state index contributed by atoms with van der Waals surface area (Å²) >= 11 is 0. The highest BCUT2D eigenvalue weighted by molar-refractivity contribution is 6.09. The normalized spacial score (nSPS) is 15.2. The lowest BCUT2D eigenvalue weighted by Gasteiger charge is -2.33. The Morgan fingerprint density at radius 2 is 1.87 bits per heavy atom. The van der Waals surface area contributed by atoms with Crippen molar-refractivity contribution in [3.8, 4) is 5.75 Å². The van der Waals surface area contributed by atoms with Crippen LogP contribution in [0.4, 0.5) is 5.69 Å². The lowest BCUT2D eigenvalue weighted by atomic mass is 10.0. The second kappa shape index (κ2) is 8.87. The minimum absolute atomic E-state index is 0.110. The van der Waals surface area contributed by atoms with Crippen LogP contribution in [0.2, 0.25) is 0 Å². The van der Waals surface area contributed by atoms with Gasteiger partial charge in [-0.15, -0.1) is 0 Å². The van der Waals surface area contributed by atoms with Gasteiger partial charge in [0, 0.05) is 5.56 Å². The highest BCUT2D eigenvalue weighted by Gasteiger charge is 2.35. The molecule has 31 heavy (non-hydrogen) atoms. The number of hydrogen-bond donors (Lipinski definition) is 0. The van der Waals surface area contributed by atoms with E-state index in [0.717, 1.165) is 5.56 Å². The topological polar surface area (TPSA) is 86.1 Å². The molecule has 0 radical (unpaired) electrons. The first kappa shape index (κ1) is 20.4. The van der Waals surface area contributed by atoms with E-state index in [1.54, 1.807) is 24.3 Å². The number of ether oxygens (including phenoxy) is 2. The maximum atomic E-state index is 12.9. The molecule has 0 saturated heterocycles. The van der Waals surface area contributed by atoms with Crippen molar-refractivity contribution in [1.29, 1.82) is 0 Å². The standard InChI is InChI=1S/C24H21NO6/c1-2-19-24(28)25(14-22(26)30-15-16-7-4-3-5-8-16)18-13-17(10-11-20(18)31-19)23(27)21-9-6-12-29-21/h3-13,19H,2,14-15H2,1H3/t19-/m1/s1. The summed E-state index contributed by atoms with van der Waals surface area (Å²) in [5, 5.41) is 0. The minimum Gasteiger partial charge on any atom is -0.478 e. The maximum Gasteiger partial charge on any atom is 0.326 e. The first-order valence-electron chi connectivity index (χ1n) is 9.96. The van der Waals surface area contributed by atoms with Gasteiger partial charge in [-0.1, -0.05) is 37.3 Å². The summed E-state index contributed by atoms with van der Waals surface area (Å²) in [5.41, 5.74) is 1.52. The molecule has 0 saturated carbocycles.